The number of benzene rings is 1. The molecule has 1 aromatic carbocycles. The molecule has 0 saturated heterocycles. The molecule has 82 valence electrons. The van der Waals surface area contributed by atoms with Crippen molar-refractivity contribution in [3.8, 4) is 17.0 Å². The Labute approximate surface area is 103 Å². The molecule has 2 aromatic rings. The van der Waals surface area contributed by atoms with Crippen LogP contribution in [0, 0.1) is 0 Å². The minimum atomic E-state index is 0.678. The van der Waals surface area contributed by atoms with Gasteiger partial charge in [-0.15, -0.1) is 10.2 Å². The third-order valence-corrected chi connectivity index (χ3v) is 2.52. The third kappa shape index (κ3) is 2.58. The summed E-state index contributed by atoms with van der Waals surface area (Å²) in [6.45, 7) is 2.64. The van der Waals surface area contributed by atoms with Gasteiger partial charge in [-0.3, -0.25) is 0 Å². The van der Waals surface area contributed by atoms with E-state index in [0.29, 0.717) is 6.61 Å². The maximum absolute atomic E-state index is 5.37. The molecule has 0 radical (unpaired) electrons. The van der Waals surface area contributed by atoms with Crippen molar-refractivity contribution in [1.29, 1.82) is 0 Å². The molecule has 0 saturated carbocycles. The molecule has 0 fully saturated rings. The molecule has 0 aliphatic rings. The van der Waals surface area contributed by atoms with Crippen molar-refractivity contribution in [2.75, 3.05) is 6.61 Å². The maximum Gasteiger partial charge on any atom is 0.128 e. The van der Waals surface area contributed by atoms with Crippen molar-refractivity contribution in [3.05, 3.63) is 41.0 Å². The van der Waals surface area contributed by atoms with Gasteiger partial charge in [-0.1, -0.05) is 0 Å². The summed E-state index contributed by atoms with van der Waals surface area (Å²) in [6, 6.07) is 11.6. The summed E-state index contributed by atoms with van der Waals surface area (Å²) in [7, 11) is 0. The highest BCUT2D eigenvalue weighted by atomic mass is 79.9. The minimum Gasteiger partial charge on any atom is -0.494 e. The summed E-state index contributed by atoms with van der Waals surface area (Å²) in [4.78, 5) is 0. The van der Waals surface area contributed by atoms with Gasteiger partial charge in [0.15, 0.2) is 0 Å². The fraction of sp³-hybridized carbons (Fsp3) is 0.167. The number of aromatic nitrogens is 2. The highest BCUT2D eigenvalue weighted by molar-refractivity contribution is 9.10. The summed E-state index contributed by atoms with van der Waals surface area (Å²) in [5.41, 5.74) is 1.88. The Morgan fingerprint density at radius 2 is 1.81 bits per heavy atom. The number of hydrogen-bond acceptors (Lipinski definition) is 3. The van der Waals surface area contributed by atoms with E-state index in [9.17, 15) is 0 Å². The Morgan fingerprint density at radius 3 is 2.38 bits per heavy atom. The van der Waals surface area contributed by atoms with Crippen molar-refractivity contribution in [1.82, 2.24) is 10.2 Å². The predicted molar refractivity (Wildman–Crippen MR) is 66.3 cm³/mol. The van der Waals surface area contributed by atoms with Crippen LogP contribution in [0.5, 0.6) is 5.75 Å². The molecule has 0 amide bonds. The van der Waals surface area contributed by atoms with Gasteiger partial charge in [0.2, 0.25) is 0 Å². The number of nitrogens with zero attached hydrogens (tertiary/aromatic N) is 2. The van der Waals surface area contributed by atoms with Gasteiger partial charge in [0, 0.05) is 5.56 Å². The predicted octanol–water partition coefficient (Wildman–Crippen LogP) is 3.30. The monoisotopic (exact) mass is 278 g/mol. The number of ether oxygens (including phenoxy) is 1. The van der Waals surface area contributed by atoms with Crippen LogP contribution in [0.15, 0.2) is 41.0 Å². The molecule has 0 aliphatic heterocycles. The first-order valence-corrected chi connectivity index (χ1v) is 5.81. The van der Waals surface area contributed by atoms with E-state index in [1.54, 1.807) is 0 Å². The summed E-state index contributed by atoms with van der Waals surface area (Å²) in [6.07, 6.45) is 0. The molecule has 0 atom stereocenters. The van der Waals surface area contributed by atoms with E-state index in [4.69, 9.17) is 4.74 Å². The van der Waals surface area contributed by atoms with E-state index < -0.39 is 0 Å². The summed E-state index contributed by atoms with van der Waals surface area (Å²) in [5.74, 6) is 0.872. The van der Waals surface area contributed by atoms with Gasteiger partial charge in [-0.25, -0.2) is 0 Å². The second-order valence-corrected chi connectivity index (χ2v) is 4.01. The molecule has 1 heterocycles. The van der Waals surface area contributed by atoms with Crippen LogP contribution >= 0.6 is 15.9 Å². The molecular weight excluding hydrogens is 268 g/mol. The van der Waals surface area contributed by atoms with Crippen molar-refractivity contribution in [3.63, 3.8) is 0 Å². The van der Waals surface area contributed by atoms with Crippen molar-refractivity contribution >= 4 is 15.9 Å². The average molecular weight is 279 g/mol. The van der Waals surface area contributed by atoms with E-state index in [2.05, 4.69) is 26.1 Å². The first kappa shape index (κ1) is 11.1. The van der Waals surface area contributed by atoms with Gasteiger partial charge in [-0.2, -0.15) is 0 Å². The smallest absolute Gasteiger partial charge is 0.128 e. The van der Waals surface area contributed by atoms with Gasteiger partial charge in [0.25, 0.3) is 0 Å². The summed E-state index contributed by atoms with van der Waals surface area (Å²) in [5, 5.41) is 8.04. The molecule has 16 heavy (non-hydrogen) atoms. The zero-order valence-electron chi connectivity index (χ0n) is 8.85. The second-order valence-electron chi connectivity index (χ2n) is 3.20. The van der Waals surface area contributed by atoms with E-state index in [-0.39, 0.29) is 0 Å². The topological polar surface area (TPSA) is 35.0 Å². The lowest BCUT2D eigenvalue weighted by molar-refractivity contribution is 0.340. The van der Waals surface area contributed by atoms with Gasteiger partial charge in [0.1, 0.15) is 10.4 Å². The third-order valence-electron chi connectivity index (χ3n) is 2.09. The average Bonchev–Trinajstić information content (AvgIpc) is 2.32. The molecule has 0 bridgehead atoms. The Hall–Kier alpha value is -1.42. The first-order chi connectivity index (χ1) is 7.79. The molecule has 3 nitrogen and oxygen atoms in total. The summed E-state index contributed by atoms with van der Waals surface area (Å²) < 4.78 is 6.11. The second kappa shape index (κ2) is 5.07. The quantitative estimate of drug-likeness (QED) is 0.864. The van der Waals surface area contributed by atoms with E-state index in [1.807, 2.05) is 43.3 Å². The van der Waals surface area contributed by atoms with Gasteiger partial charge >= 0.3 is 0 Å². The Kier molecular flexibility index (Phi) is 3.51. The Morgan fingerprint density at radius 1 is 1.06 bits per heavy atom. The minimum absolute atomic E-state index is 0.678. The van der Waals surface area contributed by atoms with Gasteiger partial charge in [-0.05, 0) is 59.3 Å². The highest BCUT2D eigenvalue weighted by Crippen LogP contribution is 2.20. The fourth-order valence-corrected chi connectivity index (χ4v) is 1.57. The molecule has 2 rings (SSSR count). The first-order valence-electron chi connectivity index (χ1n) is 5.02. The van der Waals surface area contributed by atoms with Gasteiger partial charge < -0.3 is 4.74 Å². The lowest BCUT2D eigenvalue weighted by atomic mass is 10.1. The van der Waals surface area contributed by atoms with E-state index in [0.717, 1.165) is 21.6 Å². The highest BCUT2D eigenvalue weighted by Gasteiger charge is 2.00. The zero-order chi connectivity index (χ0) is 11.4. The Balaban J connectivity index is 2.24. The standard InChI is InChI=1S/C12H11BrN2O/c1-2-16-10-5-3-9(4-6-10)11-7-8-12(13)15-14-11/h3-8H,2H2,1H3. The molecule has 0 unspecified atom stereocenters. The SMILES string of the molecule is CCOc1ccc(-c2ccc(Br)nn2)cc1. The van der Waals surface area contributed by atoms with Crippen LogP contribution in [0.25, 0.3) is 11.3 Å². The van der Waals surface area contributed by atoms with Crippen LogP contribution in [0.4, 0.5) is 0 Å². The number of hydrogen-bond donors (Lipinski definition) is 0. The lowest BCUT2D eigenvalue weighted by Gasteiger charge is -2.04. The van der Waals surface area contributed by atoms with E-state index in [1.165, 1.54) is 0 Å². The summed E-state index contributed by atoms with van der Waals surface area (Å²) >= 11 is 3.26. The molecule has 0 spiro atoms. The van der Waals surface area contributed by atoms with Crippen molar-refractivity contribution < 1.29 is 4.74 Å². The van der Waals surface area contributed by atoms with Crippen LogP contribution in [0.3, 0.4) is 0 Å². The Bertz CT molecular complexity index is 453. The fourth-order valence-electron chi connectivity index (χ4n) is 1.36. The molecular formula is C12H11BrN2O. The van der Waals surface area contributed by atoms with Crippen LogP contribution in [0.1, 0.15) is 6.92 Å². The molecule has 0 N–H and O–H groups in total. The number of halogens is 1. The number of rotatable bonds is 3. The van der Waals surface area contributed by atoms with Crippen molar-refractivity contribution in [2.24, 2.45) is 0 Å². The van der Waals surface area contributed by atoms with Crippen LogP contribution in [0.2, 0.25) is 0 Å². The molecule has 4 heteroatoms. The van der Waals surface area contributed by atoms with Gasteiger partial charge in [0.05, 0.1) is 12.3 Å². The largest absolute Gasteiger partial charge is 0.494 e. The van der Waals surface area contributed by atoms with Crippen LogP contribution in [-0.4, -0.2) is 16.8 Å². The lowest BCUT2D eigenvalue weighted by Crippen LogP contribution is -1.91. The van der Waals surface area contributed by atoms with Crippen LogP contribution < -0.4 is 4.74 Å². The van der Waals surface area contributed by atoms with E-state index >= 15 is 0 Å². The normalized spacial score (nSPS) is 10.1. The molecule has 0 aliphatic carbocycles. The van der Waals surface area contributed by atoms with Crippen molar-refractivity contribution in [2.45, 2.75) is 6.92 Å². The van der Waals surface area contributed by atoms with Crippen LogP contribution in [-0.2, 0) is 0 Å². The maximum atomic E-state index is 5.37. The zero-order valence-corrected chi connectivity index (χ0v) is 10.4. The molecule has 1 aromatic heterocycles.